The van der Waals surface area contributed by atoms with Gasteiger partial charge in [0.15, 0.2) is 9.84 Å². The van der Waals surface area contributed by atoms with Gasteiger partial charge in [-0.25, -0.2) is 8.42 Å². The van der Waals surface area contributed by atoms with Crippen LogP contribution in [0.5, 0.6) is 0 Å². The summed E-state index contributed by atoms with van der Waals surface area (Å²) in [4.78, 5) is 0.315. The Bertz CT molecular complexity index is 769. The first-order valence-electron chi connectivity index (χ1n) is 7.21. The smallest absolute Gasteiger partial charge is 0.182 e. The van der Waals surface area contributed by atoms with Gasteiger partial charge in [0.05, 0.1) is 10.1 Å². The van der Waals surface area contributed by atoms with Crippen molar-refractivity contribution in [2.45, 2.75) is 23.0 Å². The zero-order chi connectivity index (χ0) is 15.9. The van der Waals surface area contributed by atoms with Crippen LogP contribution in [0.2, 0.25) is 5.02 Å². The number of rotatable bonds is 4. The molecule has 0 radical (unpaired) electrons. The number of sulfone groups is 1. The van der Waals surface area contributed by atoms with Crippen molar-refractivity contribution in [1.29, 1.82) is 0 Å². The maximum absolute atomic E-state index is 12.8. The van der Waals surface area contributed by atoms with E-state index in [2.05, 4.69) is 0 Å². The van der Waals surface area contributed by atoms with Gasteiger partial charge in [-0.15, -0.1) is 0 Å². The van der Waals surface area contributed by atoms with Crippen molar-refractivity contribution in [2.75, 3.05) is 6.54 Å². The first-order valence-corrected chi connectivity index (χ1v) is 9.13. The van der Waals surface area contributed by atoms with Crippen molar-refractivity contribution in [1.82, 2.24) is 0 Å². The lowest BCUT2D eigenvalue weighted by molar-refractivity contribution is 0.591. The van der Waals surface area contributed by atoms with E-state index in [0.717, 1.165) is 11.1 Å². The van der Waals surface area contributed by atoms with E-state index in [1.54, 1.807) is 24.3 Å². The monoisotopic (exact) mass is 335 g/mol. The fourth-order valence-electron chi connectivity index (χ4n) is 3.05. The lowest BCUT2D eigenvalue weighted by atomic mass is 10.1. The van der Waals surface area contributed by atoms with Gasteiger partial charge in [-0.05, 0) is 49.2 Å². The largest absolute Gasteiger partial charge is 0.330 e. The Hall–Kier alpha value is -1.36. The third kappa shape index (κ3) is 2.67. The molecule has 5 heteroatoms. The molecule has 2 aromatic carbocycles. The van der Waals surface area contributed by atoms with Gasteiger partial charge in [0.25, 0.3) is 0 Å². The zero-order valence-corrected chi connectivity index (χ0v) is 13.8. The highest BCUT2D eigenvalue weighted by Gasteiger charge is 2.57. The standard InChI is InChI=1S/C17H18ClNO2S/c1-11-2-4-12(5-3-11)16-15(10-19)17(16)22(20,21)14-8-6-13(18)7-9-14/h2-9,15-17H,10,19H2,1H3/t15-,16-,17+/m1/s1. The minimum absolute atomic E-state index is 0.0220. The summed E-state index contributed by atoms with van der Waals surface area (Å²) in [5.74, 6) is -0.0466. The maximum atomic E-state index is 12.8. The highest BCUT2D eigenvalue weighted by Crippen LogP contribution is 2.53. The van der Waals surface area contributed by atoms with E-state index in [9.17, 15) is 8.42 Å². The summed E-state index contributed by atoms with van der Waals surface area (Å²) >= 11 is 5.84. The number of nitrogens with two attached hydrogens (primary N) is 1. The van der Waals surface area contributed by atoms with Crippen molar-refractivity contribution < 1.29 is 8.42 Å². The molecular weight excluding hydrogens is 318 g/mol. The molecule has 3 nitrogen and oxygen atoms in total. The van der Waals surface area contributed by atoms with E-state index < -0.39 is 15.1 Å². The Morgan fingerprint density at radius 2 is 1.64 bits per heavy atom. The van der Waals surface area contributed by atoms with Gasteiger partial charge in [0.1, 0.15) is 0 Å². The van der Waals surface area contributed by atoms with Crippen LogP contribution in [0.25, 0.3) is 0 Å². The molecule has 1 fully saturated rings. The van der Waals surface area contributed by atoms with E-state index in [1.807, 2.05) is 31.2 Å². The van der Waals surface area contributed by atoms with Crippen molar-refractivity contribution >= 4 is 21.4 Å². The van der Waals surface area contributed by atoms with Gasteiger partial charge < -0.3 is 5.73 Å². The van der Waals surface area contributed by atoms with Crippen LogP contribution < -0.4 is 5.73 Å². The zero-order valence-electron chi connectivity index (χ0n) is 12.2. The number of benzene rings is 2. The molecule has 0 spiro atoms. The second kappa shape index (κ2) is 5.69. The van der Waals surface area contributed by atoms with E-state index in [0.29, 0.717) is 16.5 Å². The van der Waals surface area contributed by atoms with E-state index >= 15 is 0 Å². The lowest BCUT2D eigenvalue weighted by Crippen LogP contribution is -2.13. The predicted octanol–water partition coefficient (Wildman–Crippen LogP) is 3.16. The van der Waals surface area contributed by atoms with Crippen LogP contribution in [0.1, 0.15) is 17.0 Å². The van der Waals surface area contributed by atoms with Gasteiger partial charge >= 0.3 is 0 Å². The molecule has 116 valence electrons. The summed E-state index contributed by atoms with van der Waals surface area (Å²) in [6.45, 7) is 2.38. The normalized spacial score (nSPS) is 24.2. The SMILES string of the molecule is Cc1ccc([C@@H]2[C@@H](CN)[C@@H]2S(=O)(=O)c2ccc(Cl)cc2)cc1. The van der Waals surface area contributed by atoms with Gasteiger partial charge in [0.2, 0.25) is 0 Å². The molecule has 0 heterocycles. The Balaban J connectivity index is 1.93. The molecule has 0 unspecified atom stereocenters. The third-order valence-electron chi connectivity index (χ3n) is 4.33. The van der Waals surface area contributed by atoms with Crippen LogP contribution >= 0.6 is 11.6 Å². The fraction of sp³-hybridized carbons (Fsp3) is 0.294. The first-order chi connectivity index (χ1) is 10.4. The van der Waals surface area contributed by atoms with Crippen molar-refractivity contribution in [3.05, 3.63) is 64.7 Å². The maximum Gasteiger partial charge on any atom is 0.182 e. The molecule has 1 aliphatic carbocycles. The summed E-state index contributed by atoms with van der Waals surface area (Å²) in [6, 6.07) is 14.4. The molecule has 22 heavy (non-hydrogen) atoms. The second-order valence-electron chi connectivity index (χ2n) is 5.80. The molecule has 0 aromatic heterocycles. The van der Waals surface area contributed by atoms with Crippen molar-refractivity contribution in [2.24, 2.45) is 11.7 Å². The molecular formula is C17H18ClNO2S. The molecule has 0 saturated heterocycles. The number of halogens is 1. The summed E-state index contributed by atoms with van der Waals surface area (Å²) in [6.07, 6.45) is 0. The van der Waals surface area contributed by atoms with Gasteiger partial charge in [-0.3, -0.25) is 0 Å². The number of hydrogen-bond donors (Lipinski definition) is 1. The minimum Gasteiger partial charge on any atom is -0.330 e. The average Bonchev–Trinajstić information content (AvgIpc) is 3.24. The van der Waals surface area contributed by atoms with Crippen LogP contribution in [0.3, 0.4) is 0 Å². The molecule has 0 amide bonds. The van der Waals surface area contributed by atoms with E-state index in [1.165, 1.54) is 0 Å². The first kappa shape index (κ1) is 15.5. The highest BCUT2D eigenvalue weighted by molar-refractivity contribution is 7.92. The van der Waals surface area contributed by atoms with Gasteiger partial charge in [0, 0.05) is 10.9 Å². The highest BCUT2D eigenvalue weighted by atomic mass is 35.5. The molecule has 0 aliphatic heterocycles. The molecule has 2 N–H and O–H groups in total. The Labute approximate surface area is 136 Å². The molecule has 1 aliphatic rings. The fourth-order valence-corrected chi connectivity index (χ4v) is 5.40. The summed E-state index contributed by atoms with van der Waals surface area (Å²) < 4.78 is 25.7. The third-order valence-corrected chi connectivity index (χ3v) is 6.87. The quantitative estimate of drug-likeness (QED) is 0.933. The van der Waals surface area contributed by atoms with Crippen molar-refractivity contribution in [3.8, 4) is 0 Å². The predicted molar refractivity (Wildman–Crippen MR) is 88.9 cm³/mol. The average molecular weight is 336 g/mol. The van der Waals surface area contributed by atoms with Crippen LogP contribution in [0.15, 0.2) is 53.4 Å². The van der Waals surface area contributed by atoms with Crippen LogP contribution in [0, 0.1) is 12.8 Å². The summed E-state index contributed by atoms with van der Waals surface area (Å²) in [5, 5.41) is 0.0848. The molecule has 2 aromatic rings. The van der Waals surface area contributed by atoms with Crippen LogP contribution in [-0.2, 0) is 9.84 Å². The van der Waals surface area contributed by atoms with E-state index in [-0.39, 0.29) is 11.8 Å². The van der Waals surface area contributed by atoms with Gasteiger partial charge in [-0.1, -0.05) is 41.4 Å². The van der Waals surface area contributed by atoms with Crippen molar-refractivity contribution in [3.63, 3.8) is 0 Å². The van der Waals surface area contributed by atoms with Crippen LogP contribution in [0.4, 0.5) is 0 Å². The van der Waals surface area contributed by atoms with Gasteiger partial charge in [-0.2, -0.15) is 0 Å². The summed E-state index contributed by atoms with van der Waals surface area (Å²) in [5.41, 5.74) is 8.00. The van der Waals surface area contributed by atoms with Crippen LogP contribution in [-0.4, -0.2) is 20.2 Å². The number of aryl methyl sites for hydroxylation is 1. The molecule has 3 rings (SSSR count). The molecule has 1 saturated carbocycles. The Kier molecular flexibility index (Phi) is 4.02. The van der Waals surface area contributed by atoms with E-state index in [4.69, 9.17) is 17.3 Å². The lowest BCUT2D eigenvalue weighted by Gasteiger charge is -2.05. The minimum atomic E-state index is -3.39. The number of hydrogen-bond acceptors (Lipinski definition) is 3. The Morgan fingerprint density at radius 1 is 1.05 bits per heavy atom. The summed E-state index contributed by atoms with van der Waals surface area (Å²) in [7, 11) is -3.39. The Morgan fingerprint density at radius 3 is 2.18 bits per heavy atom. The molecule has 3 atom stereocenters. The molecule has 0 bridgehead atoms. The topological polar surface area (TPSA) is 60.2 Å². The second-order valence-corrected chi connectivity index (χ2v) is 8.34.